The smallest absolute Gasteiger partial charge is 0.0942 e. The first-order valence-corrected chi connectivity index (χ1v) is 8.17. The van der Waals surface area contributed by atoms with Crippen LogP contribution in [0.25, 0.3) is 0 Å². The second-order valence-electron chi connectivity index (χ2n) is 6.64. The maximum Gasteiger partial charge on any atom is 0.0942 e. The number of likely N-dealkylation sites (tertiary alicyclic amines) is 1. The van der Waals surface area contributed by atoms with Crippen molar-refractivity contribution in [2.45, 2.75) is 38.8 Å². The predicted octanol–water partition coefficient (Wildman–Crippen LogP) is 2.55. The minimum atomic E-state index is -0.417. The summed E-state index contributed by atoms with van der Waals surface area (Å²) in [6, 6.07) is 8.52. The zero-order valence-electron chi connectivity index (χ0n) is 13.9. The molecule has 0 bridgehead atoms. The van der Waals surface area contributed by atoms with Gasteiger partial charge in [0, 0.05) is 19.1 Å². The van der Waals surface area contributed by atoms with E-state index in [0.29, 0.717) is 0 Å². The van der Waals surface area contributed by atoms with Crippen LogP contribution < -0.4 is 0 Å². The quantitative estimate of drug-likeness (QED) is 0.872. The van der Waals surface area contributed by atoms with E-state index in [1.54, 1.807) is 0 Å². The highest BCUT2D eigenvalue weighted by molar-refractivity contribution is 5.24. The van der Waals surface area contributed by atoms with Crippen LogP contribution in [0, 0.1) is 5.92 Å². The highest BCUT2D eigenvalue weighted by Crippen LogP contribution is 2.23. The molecule has 1 N–H and O–H groups in total. The molecule has 0 aliphatic carbocycles. The molecule has 2 rings (SSSR count). The number of aliphatic hydroxyl groups excluding tert-OH is 1. The Bertz CT molecular complexity index is 431. The number of hydrogen-bond acceptors (Lipinski definition) is 3. The van der Waals surface area contributed by atoms with E-state index in [0.717, 1.165) is 24.4 Å². The first kappa shape index (κ1) is 16.5. The Morgan fingerprint density at radius 2 is 2.00 bits per heavy atom. The third kappa shape index (κ3) is 4.29. The van der Waals surface area contributed by atoms with Gasteiger partial charge in [-0.15, -0.1) is 0 Å². The first-order valence-electron chi connectivity index (χ1n) is 8.17. The highest BCUT2D eigenvalue weighted by Gasteiger charge is 2.25. The van der Waals surface area contributed by atoms with Gasteiger partial charge in [-0.3, -0.25) is 0 Å². The summed E-state index contributed by atoms with van der Waals surface area (Å²) in [4.78, 5) is 4.70. The molecule has 3 nitrogen and oxygen atoms in total. The molecule has 3 heteroatoms. The molecule has 1 heterocycles. The second kappa shape index (κ2) is 7.39. The number of rotatable bonds is 6. The van der Waals surface area contributed by atoms with Crippen LogP contribution in [0.15, 0.2) is 24.3 Å². The summed E-state index contributed by atoms with van der Waals surface area (Å²) in [6.07, 6.45) is 1.90. The van der Waals surface area contributed by atoms with Crippen LogP contribution in [-0.2, 0) is 6.42 Å². The van der Waals surface area contributed by atoms with E-state index in [4.69, 9.17) is 0 Å². The average molecular weight is 290 g/mol. The highest BCUT2D eigenvalue weighted by atomic mass is 16.3. The third-order valence-electron chi connectivity index (χ3n) is 4.92. The number of benzene rings is 1. The number of aliphatic hydroxyl groups is 1. The number of aryl methyl sites for hydroxylation is 1. The molecule has 1 saturated heterocycles. The fourth-order valence-corrected chi connectivity index (χ4v) is 3.22. The third-order valence-corrected chi connectivity index (χ3v) is 4.92. The molecule has 1 aliphatic rings. The fourth-order valence-electron chi connectivity index (χ4n) is 3.22. The van der Waals surface area contributed by atoms with Crippen molar-refractivity contribution >= 4 is 0 Å². The Hall–Kier alpha value is -0.900. The molecule has 0 aromatic heterocycles. The second-order valence-corrected chi connectivity index (χ2v) is 6.64. The summed E-state index contributed by atoms with van der Waals surface area (Å²) >= 11 is 0. The van der Waals surface area contributed by atoms with Gasteiger partial charge < -0.3 is 14.9 Å². The standard InChI is InChI=1S/C18H30N2O/c1-5-15-6-8-17(9-7-15)18(21)14(2)20(4)13-16-10-11-19(3)12-16/h6-9,14,16,18,21H,5,10-13H2,1-4H3. The van der Waals surface area contributed by atoms with Crippen LogP contribution >= 0.6 is 0 Å². The summed E-state index contributed by atoms with van der Waals surface area (Å²) < 4.78 is 0. The molecule has 0 spiro atoms. The maximum absolute atomic E-state index is 10.6. The minimum Gasteiger partial charge on any atom is -0.387 e. The summed E-state index contributed by atoms with van der Waals surface area (Å²) in [5.74, 6) is 0.733. The van der Waals surface area contributed by atoms with E-state index in [-0.39, 0.29) is 6.04 Å². The van der Waals surface area contributed by atoms with Gasteiger partial charge in [-0.05, 0) is 57.5 Å². The van der Waals surface area contributed by atoms with E-state index < -0.39 is 6.10 Å². The van der Waals surface area contributed by atoms with E-state index in [1.807, 2.05) is 0 Å². The lowest BCUT2D eigenvalue weighted by molar-refractivity contribution is 0.0649. The number of hydrogen-bond donors (Lipinski definition) is 1. The van der Waals surface area contributed by atoms with Crippen LogP contribution in [0.2, 0.25) is 0 Å². The van der Waals surface area contributed by atoms with Crippen molar-refractivity contribution < 1.29 is 5.11 Å². The summed E-state index contributed by atoms with van der Waals surface area (Å²) in [5.41, 5.74) is 2.34. The normalized spacial score (nSPS) is 22.7. The Balaban J connectivity index is 1.92. The zero-order chi connectivity index (χ0) is 15.4. The molecule has 1 aromatic rings. The van der Waals surface area contributed by atoms with E-state index in [1.165, 1.54) is 25.1 Å². The van der Waals surface area contributed by atoms with E-state index in [2.05, 4.69) is 62.0 Å². The largest absolute Gasteiger partial charge is 0.387 e. The monoisotopic (exact) mass is 290 g/mol. The Morgan fingerprint density at radius 3 is 2.52 bits per heavy atom. The molecule has 0 saturated carbocycles. The van der Waals surface area contributed by atoms with Crippen LogP contribution in [0.4, 0.5) is 0 Å². The molecule has 21 heavy (non-hydrogen) atoms. The van der Waals surface area contributed by atoms with Crippen LogP contribution in [0.3, 0.4) is 0 Å². The minimum absolute atomic E-state index is 0.142. The van der Waals surface area contributed by atoms with Gasteiger partial charge in [-0.25, -0.2) is 0 Å². The molecular weight excluding hydrogens is 260 g/mol. The van der Waals surface area contributed by atoms with Gasteiger partial charge in [0.25, 0.3) is 0 Å². The van der Waals surface area contributed by atoms with Crippen molar-refractivity contribution in [3.63, 3.8) is 0 Å². The molecule has 1 aromatic carbocycles. The number of likely N-dealkylation sites (N-methyl/N-ethyl adjacent to an activating group) is 1. The van der Waals surface area contributed by atoms with Crippen molar-refractivity contribution in [1.82, 2.24) is 9.80 Å². The molecule has 1 aliphatic heterocycles. The predicted molar refractivity (Wildman–Crippen MR) is 88.5 cm³/mol. The molecular formula is C18H30N2O. The summed E-state index contributed by atoms with van der Waals surface area (Å²) in [7, 11) is 4.32. The molecule has 0 amide bonds. The van der Waals surface area contributed by atoms with Crippen molar-refractivity contribution in [2.24, 2.45) is 5.92 Å². The van der Waals surface area contributed by atoms with Crippen LogP contribution in [0.1, 0.15) is 37.5 Å². The van der Waals surface area contributed by atoms with Gasteiger partial charge in [0.05, 0.1) is 6.10 Å². The maximum atomic E-state index is 10.6. The van der Waals surface area contributed by atoms with Crippen molar-refractivity contribution in [2.75, 3.05) is 33.7 Å². The lowest BCUT2D eigenvalue weighted by atomic mass is 9.99. The lowest BCUT2D eigenvalue weighted by Crippen LogP contribution is -2.38. The van der Waals surface area contributed by atoms with Crippen LogP contribution in [-0.4, -0.2) is 54.7 Å². The van der Waals surface area contributed by atoms with Gasteiger partial charge in [-0.1, -0.05) is 31.2 Å². The van der Waals surface area contributed by atoms with Gasteiger partial charge >= 0.3 is 0 Å². The Labute approximate surface area is 129 Å². The van der Waals surface area contributed by atoms with Gasteiger partial charge in [0.15, 0.2) is 0 Å². The average Bonchev–Trinajstić information content (AvgIpc) is 2.90. The SMILES string of the molecule is CCc1ccc(C(O)C(C)N(C)CC2CCN(C)C2)cc1. The fraction of sp³-hybridized carbons (Fsp3) is 0.667. The van der Waals surface area contributed by atoms with Gasteiger partial charge in [0.2, 0.25) is 0 Å². The van der Waals surface area contributed by atoms with Crippen molar-refractivity contribution in [3.8, 4) is 0 Å². The molecule has 3 unspecified atom stereocenters. The summed E-state index contributed by atoms with van der Waals surface area (Å²) in [5, 5.41) is 10.6. The van der Waals surface area contributed by atoms with Crippen molar-refractivity contribution in [3.05, 3.63) is 35.4 Å². The molecule has 3 atom stereocenters. The molecule has 0 radical (unpaired) electrons. The van der Waals surface area contributed by atoms with Crippen LogP contribution in [0.5, 0.6) is 0 Å². The van der Waals surface area contributed by atoms with E-state index >= 15 is 0 Å². The molecule has 118 valence electrons. The first-order chi connectivity index (χ1) is 10.0. The van der Waals surface area contributed by atoms with Gasteiger partial charge in [0.1, 0.15) is 0 Å². The topological polar surface area (TPSA) is 26.7 Å². The number of nitrogens with zero attached hydrogens (tertiary/aromatic N) is 2. The van der Waals surface area contributed by atoms with Gasteiger partial charge in [-0.2, -0.15) is 0 Å². The van der Waals surface area contributed by atoms with Crippen molar-refractivity contribution in [1.29, 1.82) is 0 Å². The Kier molecular flexibility index (Phi) is 5.80. The summed E-state index contributed by atoms with van der Waals surface area (Å²) in [6.45, 7) is 7.72. The Morgan fingerprint density at radius 1 is 1.33 bits per heavy atom. The molecule has 1 fully saturated rings. The lowest BCUT2D eigenvalue weighted by Gasteiger charge is -2.31. The van der Waals surface area contributed by atoms with E-state index in [9.17, 15) is 5.11 Å². The zero-order valence-corrected chi connectivity index (χ0v) is 13.9.